The second-order valence-electron chi connectivity index (χ2n) is 5.65. The SMILES string of the molecule is CCNC(=O)COc1ccc(NC(=O)c2cccc(NC(=O)OCC)c2)cc1. The second kappa shape index (κ2) is 10.6. The van der Waals surface area contributed by atoms with Crippen molar-refractivity contribution in [3.63, 3.8) is 0 Å². The Kier molecular flexibility index (Phi) is 7.83. The molecule has 0 saturated carbocycles. The third-order valence-corrected chi connectivity index (χ3v) is 3.50. The van der Waals surface area contributed by atoms with Crippen molar-refractivity contribution in [1.82, 2.24) is 5.32 Å². The molecular formula is C20H23N3O5. The van der Waals surface area contributed by atoms with E-state index in [0.29, 0.717) is 29.2 Å². The van der Waals surface area contributed by atoms with Gasteiger partial charge in [0.05, 0.1) is 6.61 Å². The van der Waals surface area contributed by atoms with Gasteiger partial charge in [0, 0.05) is 23.5 Å². The van der Waals surface area contributed by atoms with Crippen molar-refractivity contribution >= 4 is 29.3 Å². The zero-order chi connectivity index (χ0) is 20.4. The Morgan fingerprint density at radius 1 is 0.929 bits per heavy atom. The van der Waals surface area contributed by atoms with Crippen LogP contribution >= 0.6 is 0 Å². The summed E-state index contributed by atoms with van der Waals surface area (Å²) in [6.45, 7) is 4.27. The number of carbonyl (C=O) groups is 3. The maximum absolute atomic E-state index is 12.4. The molecule has 0 bridgehead atoms. The van der Waals surface area contributed by atoms with E-state index < -0.39 is 6.09 Å². The van der Waals surface area contributed by atoms with E-state index in [4.69, 9.17) is 9.47 Å². The van der Waals surface area contributed by atoms with E-state index in [-0.39, 0.29) is 25.0 Å². The van der Waals surface area contributed by atoms with Gasteiger partial charge in [0.2, 0.25) is 0 Å². The summed E-state index contributed by atoms with van der Waals surface area (Å²) in [5.74, 6) is -0.00965. The Morgan fingerprint density at radius 3 is 2.36 bits per heavy atom. The third-order valence-electron chi connectivity index (χ3n) is 3.50. The van der Waals surface area contributed by atoms with E-state index in [1.54, 1.807) is 55.5 Å². The second-order valence-corrected chi connectivity index (χ2v) is 5.65. The van der Waals surface area contributed by atoms with Crippen molar-refractivity contribution < 1.29 is 23.9 Å². The summed E-state index contributed by atoms with van der Waals surface area (Å²) in [5.41, 5.74) is 1.41. The van der Waals surface area contributed by atoms with Crippen molar-refractivity contribution in [3.05, 3.63) is 54.1 Å². The van der Waals surface area contributed by atoms with Crippen LogP contribution in [0.15, 0.2) is 48.5 Å². The molecule has 0 aromatic heterocycles. The van der Waals surface area contributed by atoms with Gasteiger partial charge in [0.1, 0.15) is 5.75 Å². The first-order valence-electron chi connectivity index (χ1n) is 8.86. The van der Waals surface area contributed by atoms with Crippen molar-refractivity contribution in [2.24, 2.45) is 0 Å². The number of rotatable bonds is 8. The zero-order valence-corrected chi connectivity index (χ0v) is 15.8. The lowest BCUT2D eigenvalue weighted by Crippen LogP contribution is -2.28. The van der Waals surface area contributed by atoms with Crippen molar-refractivity contribution in [1.29, 1.82) is 0 Å². The Balaban J connectivity index is 1.93. The molecule has 0 aliphatic rings. The minimum Gasteiger partial charge on any atom is -0.484 e. The van der Waals surface area contributed by atoms with Crippen LogP contribution in [0.4, 0.5) is 16.2 Å². The van der Waals surface area contributed by atoms with Crippen molar-refractivity contribution in [2.45, 2.75) is 13.8 Å². The summed E-state index contributed by atoms with van der Waals surface area (Å²) in [5, 5.41) is 7.95. The predicted molar refractivity (Wildman–Crippen MR) is 106 cm³/mol. The highest BCUT2D eigenvalue weighted by molar-refractivity contribution is 6.05. The monoisotopic (exact) mass is 385 g/mol. The molecular weight excluding hydrogens is 362 g/mol. The average molecular weight is 385 g/mol. The highest BCUT2D eigenvalue weighted by Crippen LogP contribution is 2.17. The first kappa shape index (κ1) is 20.8. The maximum atomic E-state index is 12.4. The topological polar surface area (TPSA) is 106 Å². The molecule has 2 rings (SSSR count). The predicted octanol–water partition coefficient (Wildman–Crippen LogP) is 3.02. The largest absolute Gasteiger partial charge is 0.484 e. The van der Waals surface area contributed by atoms with Gasteiger partial charge in [-0.15, -0.1) is 0 Å². The van der Waals surface area contributed by atoms with Gasteiger partial charge in [-0.2, -0.15) is 0 Å². The van der Waals surface area contributed by atoms with Crippen LogP contribution in [0, 0.1) is 0 Å². The van der Waals surface area contributed by atoms with Crippen LogP contribution < -0.4 is 20.7 Å². The molecule has 148 valence electrons. The van der Waals surface area contributed by atoms with Gasteiger partial charge in [0.25, 0.3) is 11.8 Å². The molecule has 0 heterocycles. The minimum atomic E-state index is -0.580. The molecule has 0 spiro atoms. The highest BCUT2D eigenvalue weighted by Gasteiger charge is 2.09. The number of nitrogens with one attached hydrogen (secondary N) is 3. The number of hydrogen-bond acceptors (Lipinski definition) is 5. The van der Waals surface area contributed by atoms with Gasteiger partial charge < -0.3 is 20.1 Å². The molecule has 8 heteroatoms. The number of hydrogen-bond donors (Lipinski definition) is 3. The molecule has 2 aromatic carbocycles. The first-order chi connectivity index (χ1) is 13.5. The summed E-state index contributed by atoms with van der Waals surface area (Å²) in [7, 11) is 0. The minimum absolute atomic E-state index is 0.0696. The van der Waals surface area contributed by atoms with Gasteiger partial charge in [-0.1, -0.05) is 6.07 Å². The fraction of sp³-hybridized carbons (Fsp3) is 0.250. The molecule has 8 nitrogen and oxygen atoms in total. The summed E-state index contributed by atoms with van der Waals surface area (Å²) in [4.78, 5) is 35.3. The average Bonchev–Trinajstić information content (AvgIpc) is 2.68. The van der Waals surface area contributed by atoms with Gasteiger partial charge in [0.15, 0.2) is 6.61 Å². The van der Waals surface area contributed by atoms with E-state index in [1.807, 2.05) is 6.92 Å². The number of ether oxygens (including phenoxy) is 2. The fourth-order valence-corrected chi connectivity index (χ4v) is 2.26. The molecule has 28 heavy (non-hydrogen) atoms. The molecule has 0 fully saturated rings. The summed E-state index contributed by atoms with van der Waals surface area (Å²) in [6.07, 6.45) is -0.580. The lowest BCUT2D eigenvalue weighted by molar-refractivity contribution is -0.122. The quantitative estimate of drug-likeness (QED) is 0.648. The number of anilines is 2. The summed E-state index contributed by atoms with van der Waals surface area (Å²) in [6, 6.07) is 13.2. The summed E-state index contributed by atoms with van der Waals surface area (Å²) >= 11 is 0. The normalized spacial score (nSPS) is 9.93. The fourth-order valence-electron chi connectivity index (χ4n) is 2.26. The van der Waals surface area contributed by atoms with E-state index >= 15 is 0 Å². The molecule has 0 atom stereocenters. The number of likely N-dealkylation sites (N-methyl/N-ethyl adjacent to an activating group) is 1. The van der Waals surface area contributed by atoms with Gasteiger partial charge in [-0.25, -0.2) is 4.79 Å². The van der Waals surface area contributed by atoms with E-state index in [0.717, 1.165) is 0 Å². The molecule has 0 aliphatic heterocycles. The van der Waals surface area contributed by atoms with Crippen LogP contribution in [-0.4, -0.2) is 37.7 Å². The maximum Gasteiger partial charge on any atom is 0.411 e. The molecule has 0 radical (unpaired) electrons. The van der Waals surface area contributed by atoms with E-state index in [2.05, 4.69) is 16.0 Å². The number of carbonyl (C=O) groups excluding carboxylic acids is 3. The van der Waals surface area contributed by atoms with Crippen LogP contribution in [0.2, 0.25) is 0 Å². The van der Waals surface area contributed by atoms with E-state index in [1.165, 1.54) is 0 Å². The Morgan fingerprint density at radius 2 is 1.68 bits per heavy atom. The Bertz CT molecular complexity index is 821. The first-order valence-corrected chi connectivity index (χ1v) is 8.86. The third kappa shape index (κ3) is 6.64. The highest BCUT2D eigenvalue weighted by atomic mass is 16.5. The Hall–Kier alpha value is -3.55. The molecule has 0 saturated heterocycles. The van der Waals surface area contributed by atoms with E-state index in [9.17, 15) is 14.4 Å². The number of benzene rings is 2. The lowest BCUT2D eigenvalue weighted by atomic mass is 10.2. The van der Waals surface area contributed by atoms with Crippen LogP contribution in [-0.2, 0) is 9.53 Å². The van der Waals surface area contributed by atoms with Crippen molar-refractivity contribution in [2.75, 3.05) is 30.4 Å². The van der Waals surface area contributed by atoms with Crippen molar-refractivity contribution in [3.8, 4) is 5.75 Å². The molecule has 0 unspecified atom stereocenters. The number of amides is 3. The van der Waals surface area contributed by atoms with Crippen LogP contribution in [0.1, 0.15) is 24.2 Å². The summed E-state index contributed by atoms with van der Waals surface area (Å²) < 4.78 is 10.2. The van der Waals surface area contributed by atoms with Gasteiger partial charge in [-0.05, 0) is 56.3 Å². The Labute approximate surface area is 163 Å². The van der Waals surface area contributed by atoms with Gasteiger partial charge in [-0.3, -0.25) is 14.9 Å². The van der Waals surface area contributed by atoms with Gasteiger partial charge >= 0.3 is 6.09 Å². The van der Waals surface area contributed by atoms with Crippen LogP contribution in [0.25, 0.3) is 0 Å². The lowest BCUT2D eigenvalue weighted by Gasteiger charge is -2.09. The molecule has 3 N–H and O–H groups in total. The zero-order valence-electron chi connectivity index (χ0n) is 15.8. The molecule has 2 aromatic rings. The molecule has 3 amide bonds. The smallest absolute Gasteiger partial charge is 0.411 e. The van der Waals surface area contributed by atoms with Crippen LogP contribution in [0.3, 0.4) is 0 Å². The molecule has 0 aliphatic carbocycles. The standard InChI is InChI=1S/C20H23N3O5/c1-3-21-18(24)13-28-17-10-8-15(9-11-17)22-19(25)14-6-5-7-16(12-14)23-20(26)27-4-2/h5-12H,3-4,13H2,1-2H3,(H,21,24)(H,22,25)(H,23,26). The van der Waals surface area contributed by atoms with Crippen LogP contribution in [0.5, 0.6) is 5.75 Å².